The lowest BCUT2D eigenvalue weighted by molar-refractivity contribution is 0.160. The maximum atomic E-state index is 9.43. The molecule has 1 aliphatic rings. The lowest BCUT2D eigenvalue weighted by atomic mass is 9.80. The lowest BCUT2D eigenvalue weighted by Gasteiger charge is -2.44. The van der Waals surface area contributed by atoms with E-state index in [1.54, 1.807) is 0 Å². The topological polar surface area (TPSA) is 38.7 Å². The zero-order valence-electron chi connectivity index (χ0n) is 19.5. The van der Waals surface area contributed by atoms with Gasteiger partial charge < -0.3 is 14.0 Å². The molecule has 0 amide bonds. The summed E-state index contributed by atoms with van der Waals surface area (Å²) in [5.41, 5.74) is 2.45. The molecule has 1 N–H and O–H groups in total. The number of aliphatic hydroxyl groups excluding tert-OH is 1. The standard InChI is InChI=1S/C22H44O3Si2/c1-17-19(16-24-26(8,9)21(2,3)4)14-18(12-13-23)15-20(17)25-27(10,11)22(5,6)7/h12,19-20,23H,1,13-16H2,2-11H3/t19-,20+/m0/s1. The van der Waals surface area contributed by atoms with Crippen molar-refractivity contribution in [2.75, 3.05) is 13.2 Å². The predicted molar refractivity (Wildman–Crippen MR) is 122 cm³/mol. The van der Waals surface area contributed by atoms with E-state index in [4.69, 9.17) is 8.85 Å². The zero-order valence-corrected chi connectivity index (χ0v) is 21.5. The molecule has 0 aromatic carbocycles. The van der Waals surface area contributed by atoms with Crippen LogP contribution in [0.4, 0.5) is 0 Å². The highest BCUT2D eigenvalue weighted by Crippen LogP contribution is 2.43. The van der Waals surface area contributed by atoms with Crippen molar-refractivity contribution in [3.63, 3.8) is 0 Å². The molecule has 1 aliphatic carbocycles. The van der Waals surface area contributed by atoms with Gasteiger partial charge in [-0.2, -0.15) is 0 Å². The van der Waals surface area contributed by atoms with Gasteiger partial charge in [0.1, 0.15) is 0 Å². The van der Waals surface area contributed by atoms with Crippen LogP contribution in [0.3, 0.4) is 0 Å². The molecule has 5 heteroatoms. The second-order valence-electron chi connectivity index (χ2n) is 11.2. The van der Waals surface area contributed by atoms with Crippen LogP contribution in [0.15, 0.2) is 23.8 Å². The highest BCUT2D eigenvalue weighted by atomic mass is 28.4. The summed E-state index contributed by atoms with van der Waals surface area (Å²) in [7, 11) is -3.69. The highest BCUT2D eigenvalue weighted by molar-refractivity contribution is 6.74. The van der Waals surface area contributed by atoms with Gasteiger partial charge in [0.15, 0.2) is 16.6 Å². The third-order valence-electron chi connectivity index (χ3n) is 6.97. The Balaban J connectivity index is 2.99. The van der Waals surface area contributed by atoms with Gasteiger partial charge in [-0.05, 0) is 54.7 Å². The third kappa shape index (κ3) is 6.39. The maximum absolute atomic E-state index is 9.43. The Morgan fingerprint density at radius 3 is 1.96 bits per heavy atom. The molecule has 0 radical (unpaired) electrons. The van der Waals surface area contributed by atoms with Crippen LogP contribution in [-0.2, 0) is 8.85 Å². The zero-order chi connectivity index (χ0) is 21.3. The third-order valence-corrected chi connectivity index (χ3v) is 16.0. The lowest BCUT2D eigenvalue weighted by Crippen LogP contribution is -2.47. The molecule has 0 aromatic rings. The molecule has 0 unspecified atom stereocenters. The van der Waals surface area contributed by atoms with Crippen LogP contribution in [0.25, 0.3) is 0 Å². The van der Waals surface area contributed by atoms with E-state index in [0.717, 1.165) is 12.8 Å². The molecule has 1 rings (SSSR count). The predicted octanol–water partition coefficient (Wildman–Crippen LogP) is 6.28. The van der Waals surface area contributed by atoms with E-state index >= 15 is 0 Å². The number of rotatable bonds is 6. The van der Waals surface area contributed by atoms with E-state index in [-0.39, 0.29) is 28.7 Å². The van der Waals surface area contributed by atoms with Crippen molar-refractivity contribution in [2.24, 2.45) is 5.92 Å². The average Bonchev–Trinajstić information content (AvgIpc) is 2.46. The van der Waals surface area contributed by atoms with Crippen molar-refractivity contribution in [3.8, 4) is 0 Å². The number of hydrogen-bond acceptors (Lipinski definition) is 3. The fourth-order valence-electron chi connectivity index (χ4n) is 2.80. The van der Waals surface area contributed by atoms with Gasteiger partial charge in [-0.15, -0.1) is 0 Å². The van der Waals surface area contributed by atoms with Crippen molar-refractivity contribution in [1.29, 1.82) is 0 Å². The molecule has 2 atom stereocenters. The fourth-order valence-corrected chi connectivity index (χ4v) is 5.15. The molecule has 27 heavy (non-hydrogen) atoms. The highest BCUT2D eigenvalue weighted by Gasteiger charge is 2.43. The number of aliphatic hydroxyl groups is 1. The Hall–Kier alpha value is -0.206. The minimum Gasteiger partial charge on any atom is -0.416 e. The van der Waals surface area contributed by atoms with E-state index in [2.05, 4.69) is 74.3 Å². The molecule has 0 spiro atoms. The largest absolute Gasteiger partial charge is 0.416 e. The Bertz CT molecular complexity index is 551. The first-order valence-electron chi connectivity index (χ1n) is 10.3. The normalized spacial score (nSPS) is 24.6. The Morgan fingerprint density at radius 1 is 1.00 bits per heavy atom. The van der Waals surface area contributed by atoms with E-state index in [9.17, 15) is 5.11 Å². The van der Waals surface area contributed by atoms with Gasteiger partial charge in [0.05, 0.1) is 12.7 Å². The Kier molecular flexibility index (Phi) is 7.96. The Labute approximate surface area is 170 Å². The van der Waals surface area contributed by atoms with Crippen LogP contribution in [0.5, 0.6) is 0 Å². The molecule has 1 fully saturated rings. The Morgan fingerprint density at radius 2 is 1.52 bits per heavy atom. The quantitative estimate of drug-likeness (QED) is 0.412. The van der Waals surface area contributed by atoms with Crippen molar-refractivity contribution in [1.82, 2.24) is 0 Å². The van der Waals surface area contributed by atoms with Crippen LogP contribution < -0.4 is 0 Å². The van der Waals surface area contributed by atoms with E-state index < -0.39 is 16.6 Å². The minimum atomic E-state index is -1.89. The summed E-state index contributed by atoms with van der Waals surface area (Å²) in [5.74, 6) is 0.264. The molecule has 0 saturated heterocycles. The van der Waals surface area contributed by atoms with Crippen LogP contribution in [0.1, 0.15) is 54.4 Å². The summed E-state index contributed by atoms with van der Waals surface area (Å²) in [4.78, 5) is 0. The molecule has 3 nitrogen and oxygen atoms in total. The van der Waals surface area contributed by atoms with Crippen LogP contribution in [0, 0.1) is 5.92 Å². The van der Waals surface area contributed by atoms with Crippen molar-refractivity contribution < 1.29 is 14.0 Å². The summed E-state index contributed by atoms with van der Waals surface area (Å²) < 4.78 is 13.3. The van der Waals surface area contributed by atoms with Gasteiger partial charge in [0.2, 0.25) is 0 Å². The molecular weight excluding hydrogens is 368 g/mol. The molecule has 0 heterocycles. The van der Waals surface area contributed by atoms with Gasteiger partial charge in [0.25, 0.3) is 0 Å². The number of hydrogen-bond donors (Lipinski definition) is 1. The van der Waals surface area contributed by atoms with Crippen LogP contribution in [0.2, 0.25) is 36.3 Å². The SMILES string of the molecule is C=C1[C@H](CO[Si](C)(C)C(C)(C)C)CC(=CCO)C[C@H]1O[Si](C)(C)C(C)(C)C. The first-order valence-corrected chi connectivity index (χ1v) is 16.1. The van der Waals surface area contributed by atoms with Gasteiger partial charge >= 0.3 is 0 Å². The monoisotopic (exact) mass is 412 g/mol. The first kappa shape index (κ1) is 24.8. The van der Waals surface area contributed by atoms with Crippen molar-refractivity contribution >= 4 is 16.6 Å². The van der Waals surface area contributed by atoms with Crippen molar-refractivity contribution in [3.05, 3.63) is 23.8 Å². The second kappa shape index (κ2) is 8.66. The van der Waals surface area contributed by atoms with Gasteiger partial charge in [-0.1, -0.05) is 59.8 Å². The van der Waals surface area contributed by atoms with Gasteiger partial charge in [-0.3, -0.25) is 0 Å². The van der Waals surface area contributed by atoms with Crippen LogP contribution in [-0.4, -0.2) is 41.1 Å². The fraction of sp³-hybridized carbons (Fsp3) is 0.818. The maximum Gasteiger partial charge on any atom is 0.192 e. The molecule has 0 aromatic heterocycles. The first-order chi connectivity index (χ1) is 12.0. The van der Waals surface area contributed by atoms with Crippen molar-refractivity contribution in [2.45, 2.75) is 96.8 Å². The van der Waals surface area contributed by atoms with E-state index in [1.165, 1.54) is 11.1 Å². The minimum absolute atomic E-state index is 0.0328. The van der Waals surface area contributed by atoms with Crippen LogP contribution >= 0.6 is 0 Å². The van der Waals surface area contributed by atoms with E-state index in [1.807, 2.05) is 6.08 Å². The second-order valence-corrected chi connectivity index (χ2v) is 20.7. The molecule has 0 aliphatic heterocycles. The average molecular weight is 413 g/mol. The smallest absolute Gasteiger partial charge is 0.192 e. The summed E-state index contributed by atoms with van der Waals surface area (Å²) in [5, 5.41) is 9.79. The van der Waals surface area contributed by atoms with Gasteiger partial charge in [0, 0.05) is 12.5 Å². The molecular formula is C22H44O3Si2. The molecule has 158 valence electrons. The summed E-state index contributed by atoms with van der Waals surface area (Å²) >= 11 is 0. The van der Waals surface area contributed by atoms with E-state index in [0.29, 0.717) is 6.61 Å². The molecule has 1 saturated carbocycles. The summed E-state index contributed by atoms with van der Waals surface area (Å²) in [6.07, 6.45) is 3.76. The molecule has 0 bridgehead atoms. The summed E-state index contributed by atoms with van der Waals surface area (Å²) in [6.45, 7) is 28.1. The summed E-state index contributed by atoms with van der Waals surface area (Å²) in [6, 6.07) is 0. The van der Waals surface area contributed by atoms with Gasteiger partial charge in [-0.25, -0.2) is 0 Å².